The summed E-state index contributed by atoms with van der Waals surface area (Å²) >= 11 is 0. The molecule has 0 unspecified atom stereocenters. The van der Waals surface area contributed by atoms with Gasteiger partial charge < -0.3 is 24.9 Å². The average molecular weight is 416 g/mol. The molecule has 9 heteroatoms. The van der Waals surface area contributed by atoms with Crippen molar-refractivity contribution in [3.8, 4) is 40.5 Å². The number of ether oxygens (including phenoxy) is 3. The minimum atomic E-state index is -0.719. The summed E-state index contributed by atoms with van der Waals surface area (Å²) in [6, 6.07) is 14.4. The summed E-state index contributed by atoms with van der Waals surface area (Å²) in [7, 11) is 2.88. The smallest absolute Gasteiger partial charge is 0.343 e. The van der Waals surface area contributed by atoms with Crippen LogP contribution in [0, 0.1) is 22.7 Å². The molecule has 9 nitrogen and oxygen atoms in total. The lowest BCUT2D eigenvalue weighted by Crippen LogP contribution is -2.16. The van der Waals surface area contributed by atoms with Crippen LogP contribution in [0.25, 0.3) is 11.1 Å². The molecule has 3 N–H and O–H groups in total. The molecule has 0 saturated heterocycles. The molecular formula is C22H16N4O5. The number of hydrogen-bond acceptors (Lipinski definition) is 8. The molecule has 0 bridgehead atoms. The van der Waals surface area contributed by atoms with Gasteiger partial charge in [0.05, 0.1) is 19.8 Å². The van der Waals surface area contributed by atoms with Crippen molar-refractivity contribution in [1.82, 2.24) is 4.98 Å². The molecule has 0 saturated carbocycles. The summed E-state index contributed by atoms with van der Waals surface area (Å²) in [6.07, 6.45) is 0. The summed E-state index contributed by atoms with van der Waals surface area (Å²) in [5, 5.41) is 18.9. The third kappa shape index (κ3) is 4.02. The second-order valence-corrected chi connectivity index (χ2v) is 6.20. The first kappa shape index (κ1) is 21.0. The van der Waals surface area contributed by atoms with Crippen LogP contribution in [-0.4, -0.2) is 25.2 Å². The Morgan fingerprint density at radius 3 is 2.23 bits per heavy atom. The lowest BCUT2D eigenvalue weighted by Gasteiger charge is -2.13. The minimum Gasteiger partial charge on any atom is -0.497 e. The largest absolute Gasteiger partial charge is 0.497 e. The van der Waals surface area contributed by atoms with E-state index >= 15 is 0 Å². The quantitative estimate of drug-likeness (QED) is 0.476. The molecule has 3 aromatic rings. The first-order valence-corrected chi connectivity index (χ1v) is 8.84. The third-order valence-corrected chi connectivity index (χ3v) is 4.45. The molecule has 1 heterocycles. The van der Waals surface area contributed by atoms with Gasteiger partial charge in [-0.1, -0.05) is 6.07 Å². The van der Waals surface area contributed by atoms with Crippen LogP contribution >= 0.6 is 0 Å². The van der Waals surface area contributed by atoms with E-state index in [-0.39, 0.29) is 34.0 Å². The van der Waals surface area contributed by atoms with Crippen molar-refractivity contribution in [2.75, 3.05) is 20.0 Å². The van der Waals surface area contributed by atoms with Gasteiger partial charge in [0.2, 0.25) is 0 Å². The van der Waals surface area contributed by atoms with Gasteiger partial charge in [0.15, 0.2) is 11.5 Å². The van der Waals surface area contributed by atoms with Crippen LogP contribution in [0.3, 0.4) is 0 Å². The van der Waals surface area contributed by atoms with Gasteiger partial charge in [-0.3, -0.25) is 4.79 Å². The Balaban J connectivity index is 2.03. The zero-order valence-corrected chi connectivity index (χ0v) is 16.6. The molecule has 2 aromatic carbocycles. The number of benzene rings is 2. The fourth-order valence-electron chi connectivity index (χ4n) is 2.93. The zero-order chi connectivity index (χ0) is 22.5. The molecule has 31 heavy (non-hydrogen) atoms. The normalized spacial score (nSPS) is 9.94. The number of rotatable bonds is 5. The SMILES string of the molecule is COc1ccc(C(=O)Oc2ccc(-c3c(C#N)c(N)[nH]c(=O)c3C#N)cc2OC)cc1. The van der Waals surface area contributed by atoms with Crippen molar-refractivity contribution in [3.05, 3.63) is 69.5 Å². The molecule has 0 aliphatic carbocycles. The number of aromatic nitrogens is 1. The highest BCUT2D eigenvalue weighted by Crippen LogP contribution is 2.36. The number of aromatic amines is 1. The van der Waals surface area contributed by atoms with Crippen molar-refractivity contribution in [3.63, 3.8) is 0 Å². The fourth-order valence-corrected chi connectivity index (χ4v) is 2.93. The van der Waals surface area contributed by atoms with Crippen LogP contribution in [0.5, 0.6) is 17.2 Å². The topological polar surface area (TPSA) is 151 Å². The Morgan fingerprint density at radius 2 is 1.65 bits per heavy atom. The predicted molar refractivity (Wildman–Crippen MR) is 111 cm³/mol. The monoisotopic (exact) mass is 416 g/mol. The molecular weight excluding hydrogens is 400 g/mol. The van der Waals surface area contributed by atoms with E-state index < -0.39 is 11.5 Å². The van der Waals surface area contributed by atoms with Crippen LogP contribution in [0.15, 0.2) is 47.3 Å². The number of nitrogens with zero attached hydrogens (tertiary/aromatic N) is 2. The number of nitriles is 2. The Hall–Kier alpha value is -4.76. The molecule has 1 aromatic heterocycles. The van der Waals surface area contributed by atoms with Gasteiger partial charge in [-0.25, -0.2) is 4.79 Å². The number of hydrogen-bond donors (Lipinski definition) is 2. The van der Waals surface area contributed by atoms with Crippen molar-refractivity contribution in [1.29, 1.82) is 10.5 Å². The molecule has 0 fully saturated rings. The summed E-state index contributed by atoms with van der Waals surface area (Å²) in [6.45, 7) is 0. The molecule has 0 aliphatic heterocycles. The predicted octanol–water partition coefficient (Wildman–Crippen LogP) is 2.60. The Kier molecular flexibility index (Phi) is 5.90. The van der Waals surface area contributed by atoms with Gasteiger partial charge in [0.1, 0.15) is 34.8 Å². The van der Waals surface area contributed by atoms with Crippen molar-refractivity contribution in [2.45, 2.75) is 0 Å². The Morgan fingerprint density at radius 1 is 0.968 bits per heavy atom. The second-order valence-electron chi connectivity index (χ2n) is 6.20. The highest BCUT2D eigenvalue weighted by molar-refractivity contribution is 5.91. The van der Waals surface area contributed by atoms with Crippen LogP contribution in [0.2, 0.25) is 0 Å². The molecule has 154 valence electrons. The molecule has 0 radical (unpaired) electrons. The number of carbonyl (C=O) groups excluding carboxylic acids is 1. The molecule has 3 rings (SSSR count). The lowest BCUT2D eigenvalue weighted by atomic mass is 9.96. The molecule has 0 spiro atoms. The number of nitrogen functional groups attached to an aromatic ring is 1. The lowest BCUT2D eigenvalue weighted by molar-refractivity contribution is 0.0729. The second kappa shape index (κ2) is 8.72. The van der Waals surface area contributed by atoms with E-state index in [0.717, 1.165) is 0 Å². The summed E-state index contributed by atoms with van der Waals surface area (Å²) in [4.78, 5) is 26.9. The highest BCUT2D eigenvalue weighted by Gasteiger charge is 2.20. The maximum Gasteiger partial charge on any atom is 0.343 e. The van der Waals surface area contributed by atoms with Crippen LogP contribution in [-0.2, 0) is 0 Å². The number of pyridine rings is 1. The van der Waals surface area contributed by atoms with E-state index in [2.05, 4.69) is 4.98 Å². The summed E-state index contributed by atoms with van der Waals surface area (Å²) < 4.78 is 15.8. The average Bonchev–Trinajstić information content (AvgIpc) is 2.79. The number of esters is 1. The van der Waals surface area contributed by atoms with Gasteiger partial charge in [-0.15, -0.1) is 0 Å². The number of nitrogens with two attached hydrogens (primary N) is 1. The van der Waals surface area contributed by atoms with Gasteiger partial charge in [-0.05, 0) is 42.0 Å². The number of nitrogens with one attached hydrogen (secondary N) is 1. The van der Waals surface area contributed by atoms with Crippen molar-refractivity contribution >= 4 is 11.8 Å². The summed E-state index contributed by atoms with van der Waals surface area (Å²) in [5.74, 6) is 0.0881. The van der Waals surface area contributed by atoms with E-state index in [1.54, 1.807) is 30.3 Å². The minimum absolute atomic E-state index is 0.0545. The van der Waals surface area contributed by atoms with Crippen molar-refractivity contribution in [2.24, 2.45) is 0 Å². The number of methoxy groups -OCH3 is 2. The molecule has 0 aliphatic rings. The third-order valence-electron chi connectivity index (χ3n) is 4.45. The molecule has 0 atom stereocenters. The van der Waals surface area contributed by atoms with Gasteiger partial charge in [0.25, 0.3) is 5.56 Å². The summed E-state index contributed by atoms with van der Waals surface area (Å²) in [5.41, 5.74) is 5.40. The van der Waals surface area contributed by atoms with Crippen LogP contribution < -0.4 is 25.5 Å². The van der Waals surface area contributed by atoms with Gasteiger partial charge in [-0.2, -0.15) is 10.5 Å². The van der Waals surface area contributed by atoms with E-state index in [1.807, 2.05) is 6.07 Å². The van der Waals surface area contributed by atoms with Crippen LogP contribution in [0.4, 0.5) is 5.82 Å². The van der Waals surface area contributed by atoms with E-state index in [9.17, 15) is 20.1 Å². The fraction of sp³-hybridized carbons (Fsp3) is 0.0909. The van der Waals surface area contributed by atoms with Crippen LogP contribution in [0.1, 0.15) is 21.5 Å². The van der Waals surface area contributed by atoms with Crippen molar-refractivity contribution < 1.29 is 19.0 Å². The Bertz CT molecular complexity index is 1300. The number of H-pyrrole nitrogens is 1. The number of anilines is 1. The number of carbonyl (C=O) groups is 1. The molecule has 0 amide bonds. The van der Waals surface area contributed by atoms with E-state index in [4.69, 9.17) is 19.9 Å². The highest BCUT2D eigenvalue weighted by atomic mass is 16.6. The Labute approximate surface area is 176 Å². The first-order valence-electron chi connectivity index (χ1n) is 8.84. The first-order chi connectivity index (χ1) is 14.9. The van der Waals surface area contributed by atoms with Gasteiger partial charge in [0, 0.05) is 5.56 Å². The zero-order valence-electron chi connectivity index (χ0n) is 16.6. The van der Waals surface area contributed by atoms with Gasteiger partial charge >= 0.3 is 5.97 Å². The van der Waals surface area contributed by atoms with E-state index in [0.29, 0.717) is 16.9 Å². The maximum atomic E-state index is 12.5. The maximum absolute atomic E-state index is 12.5. The van der Waals surface area contributed by atoms with E-state index in [1.165, 1.54) is 32.4 Å². The standard InChI is InChI=1S/C22H16N4O5/c1-29-14-6-3-12(4-7-14)22(28)31-17-8-5-13(9-18(17)30-2)19-15(10-23)20(25)26-21(27)16(19)11-24/h3-9H,1-2H3,(H3,25,26,27).